The number of cyclic esters (lactones) is 1. The van der Waals surface area contributed by atoms with Crippen LogP contribution in [0.25, 0.3) is 0 Å². The molecule has 0 saturated heterocycles. The second kappa shape index (κ2) is 2.45. The molecule has 1 aliphatic heterocycles. The van der Waals surface area contributed by atoms with E-state index in [0.717, 1.165) is 5.76 Å². The number of carbonyl (C=O) groups excluding carboxylic acids is 1. The number of rotatable bonds is 0. The Labute approximate surface area is 60.9 Å². The highest BCUT2D eigenvalue weighted by Gasteiger charge is 2.20. The van der Waals surface area contributed by atoms with Gasteiger partial charge in [-0.05, 0) is 25.3 Å². The third kappa shape index (κ3) is 1.20. The molecule has 0 saturated carbocycles. The largest absolute Gasteiger partial charge is 0.431 e. The molecule has 1 atom stereocenters. The van der Waals surface area contributed by atoms with Crippen LogP contribution in [0.1, 0.15) is 27.2 Å². The van der Waals surface area contributed by atoms with E-state index in [0.29, 0.717) is 12.3 Å². The van der Waals surface area contributed by atoms with Gasteiger partial charge in [-0.3, -0.25) is 4.79 Å². The van der Waals surface area contributed by atoms with Crippen LogP contribution < -0.4 is 0 Å². The van der Waals surface area contributed by atoms with Crippen LogP contribution in [0.4, 0.5) is 0 Å². The molecule has 1 heterocycles. The van der Waals surface area contributed by atoms with Crippen molar-refractivity contribution >= 4 is 5.97 Å². The van der Waals surface area contributed by atoms with Crippen molar-refractivity contribution in [2.75, 3.05) is 0 Å². The predicted octanol–water partition coefficient (Wildman–Crippen LogP) is 1.86. The van der Waals surface area contributed by atoms with Gasteiger partial charge in [0.05, 0.1) is 6.42 Å². The normalized spacial score (nSPS) is 26.7. The molecule has 0 spiro atoms. The number of esters is 1. The van der Waals surface area contributed by atoms with Crippen molar-refractivity contribution in [3.05, 3.63) is 11.3 Å². The molecular weight excluding hydrogens is 128 g/mol. The molecule has 1 rings (SSSR count). The monoisotopic (exact) mass is 140 g/mol. The van der Waals surface area contributed by atoms with E-state index in [1.54, 1.807) is 0 Å². The summed E-state index contributed by atoms with van der Waals surface area (Å²) >= 11 is 0. The van der Waals surface area contributed by atoms with Gasteiger partial charge in [0.25, 0.3) is 0 Å². The third-order valence-electron chi connectivity index (χ3n) is 2.03. The zero-order valence-corrected chi connectivity index (χ0v) is 6.60. The summed E-state index contributed by atoms with van der Waals surface area (Å²) in [6, 6.07) is 0. The van der Waals surface area contributed by atoms with Crippen LogP contribution in [0, 0.1) is 5.92 Å². The minimum absolute atomic E-state index is 0.101. The predicted molar refractivity (Wildman–Crippen MR) is 38.2 cm³/mol. The molecular formula is C8H12O2. The average molecular weight is 140 g/mol. The number of hydrogen-bond acceptors (Lipinski definition) is 2. The Hall–Kier alpha value is -0.790. The van der Waals surface area contributed by atoms with Crippen LogP contribution in [-0.4, -0.2) is 5.97 Å². The first-order valence-electron chi connectivity index (χ1n) is 3.49. The summed E-state index contributed by atoms with van der Waals surface area (Å²) in [7, 11) is 0. The summed E-state index contributed by atoms with van der Waals surface area (Å²) in [6.45, 7) is 5.88. The van der Waals surface area contributed by atoms with Gasteiger partial charge in [-0.25, -0.2) is 0 Å². The molecule has 0 bridgehead atoms. The average Bonchev–Trinajstić information content (AvgIpc) is 1.82. The van der Waals surface area contributed by atoms with Crippen molar-refractivity contribution in [3.63, 3.8) is 0 Å². The van der Waals surface area contributed by atoms with Crippen molar-refractivity contribution in [2.45, 2.75) is 27.2 Å². The highest BCUT2D eigenvalue weighted by molar-refractivity contribution is 5.72. The summed E-state index contributed by atoms with van der Waals surface area (Å²) in [5, 5.41) is 0. The lowest BCUT2D eigenvalue weighted by atomic mass is 9.96. The summed E-state index contributed by atoms with van der Waals surface area (Å²) in [4.78, 5) is 10.8. The zero-order chi connectivity index (χ0) is 7.72. The maximum atomic E-state index is 10.8. The Bertz CT molecular complexity index is 191. The molecule has 1 unspecified atom stereocenters. The molecule has 0 aromatic rings. The Morgan fingerprint density at radius 3 is 2.60 bits per heavy atom. The van der Waals surface area contributed by atoms with Crippen molar-refractivity contribution < 1.29 is 9.53 Å². The Kier molecular flexibility index (Phi) is 1.79. The number of ether oxygens (including phenoxy) is 1. The van der Waals surface area contributed by atoms with E-state index in [9.17, 15) is 4.79 Å². The molecule has 0 amide bonds. The fraction of sp³-hybridized carbons (Fsp3) is 0.625. The highest BCUT2D eigenvalue weighted by atomic mass is 16.5. The Balaban J connectivity index is 2.84. The summed E-state index contributed by atoms with van der Waals surface area (Å²) < 4.78 is 4.91. The van der Waals surface area contributed by atoms with E-state index < -0.39 is 0 Å². The first-order chi connectivity index (χ1) is 4.61. The van der Waals surface area contributed by atoms with Gasteiger partial charge in [0.2, 0.25) is 0 Å². The Morgan fingerprint density at radius 1 is 1.50 bits per heavy atom. The van der Waals surface area contributed by atoms with Gasteiger partial charge in [0, 0.05) is 0 Å². The molecule has 0 aromatic carbocycles. The smallest absolute Gasteiger partial charge is 0.311 e. The van der Waals surface area contributed by atoms with Crippen molar-refractivity contribution in [1.29, 1.82) is 0 Å². The van der Waals surface area contributed by atoms with Gasteiger partial charge < -0.3 is 4.74 Å². The Morgan fingerprint density at radius 2 is 2.10 bits per heavy atom. The topological polar surface area (TPSA) is 26.3 Å². The van der Waals surface area contributed by atoms with E-state index >= 15 is 0 Å². The minimum Gasteiger partial charge on any atom is -0.431 e. The van der Waals surface area contributed by atoms with Crippen molar-refractivity contribution in [3.8, 4) is 0 Å². The fourth-order valence-electron chi connectivity index (χ4n) is 1.04. The highest BCUT2D eigenvalue weighted by Crippen LogP contribution is 2.24. The van der Waals surface area contributed by atoms with Gasteiger partial charge in [0.1, 0.15) is 5.76 Å². The minimum atomic E-state index is -0.101. The van der Waals surface area contributed by atoms with Gasteiger partial charge in [0.15, 0.2) is 0 Å². The summed E-state index contributed by atoms with van der Waals surface area (Å²) in [5.74, 6) is 1.04. The second-order valence-corrected chi connectivity index (χ2v) is 2.82. The van der Waals surface area contributed by atoms with Crippen LogP contribution in [-0.2, 0) is 9.53 Å². The SMILES string of the molecule is CC1=C(C)C(C)CC(=O)O1. The standard InChI is InChI=1S/C8H12O2/c1-5-4-8(9)10-7(3)6(5)2/h5H,4H2,1-3H3. The van der Waals surface area contributed by atoms with Crippen molar-refractivity contribution in [2.24, 2.45) is 5.92 Å². The molecule has 0 N–H and O–H groups in total. The van der Waals surface area contributed by atoms with Crippen molar-refractivity contribution in [1.82, 2.24) is 0 Å². The summed E-state index contributed by atoms with van der Waals surface area (Å²) in [5.41, 5.74) is 1.19. The number of allylic oxidation sites excluding steroid dienone is 2. The molecule has 10 heavy (non-hydrogen) atoms. The van der Waals surface area contributed by atoms with Crippen LogP contribution >= 0.6 is 0 Å². The lowest BCUT2D eigenvalue weighted by molar-refractivity contribution is -0.141. The van der Waals surface area contributed by atoms with Crippen LogP contribution in [0.3, 0.4) is 0 Å². The molecule has 0 radical (unpaired) electrons. The van der Waals surface area contributed by atoms with Gasteiger partial charge in [-0.15, -0.1) is 0 Å². The maximum absolute atomic E-state index is 10.8. The number of carbonyl (C=O) groups is 1. The van der Waals surface area contributed by atoms with Crippen LogP contribution in [0.5, 0.6) is 0 Å². The molecule has 0 aliphatic carbocycles. The molecule has 0 fully saturated rings. The summed E-state index contributed by atoms with van der Waals surface area (Å²) in [6.07, 6.45) is 0.531. The maximum Gasteiger partial charge on any atom is 0.311 e. The van der Waals surface area contributed by atoms with E-state index in [2.05, 4.69) is 0 Å². The zero-order valence-electron chi connectivity index (χ0n) is 6.60. The molecule has 2 nitrogen and oxygen atoms in total. The van der Waals surface area contributed by atoms with E-state index in [1.807, 2.05) is 20.8 Å². The molecule has 0 aromatic heterocycles. The number of hydrogen-bond donors (Lipinski definition) is 0. The van der Waals surface area contributed by atoms with E-state index in [4.69, 9.17) is 4.74 Å². The van der Waals surface area contributed by atoms with E-state index in [-0.39, 0.29) is 5.97 Å². The second-order valence-electron chi connectivity index (χ2n) is 2.82. The van der Waals surface area contributed by atoms with Crippen LogP contribution in [0.2, 0.25) is 0 Å². The lowest BCUT2D eigenvalue weighted by Gasteiger charge is -2.20. The van der Waals surface area contributed by atoms with E-state index in [1.165, 1.54) is 5.57 Å². The molecule has 1 aliphatic rings. The molecule has 56 valence electrons. The molecule has 2 heteroatoms. The first-order valence-corrected chi connectivity index (χ1v) is 3.49. The first kappa shape index (κ1) is 7.32. The van der Waals surface area contributed by atoms with Gasteiger partial charge in [-0.1, -0.05) is 6.92 Å². The van der Waals surface area contributed by atoms with Gasteiger partial charge in [-0.2, -0.15) is 0 Å². The van der Waals surface area contributed by atoms with Gasteiger partial charge >= 0.3 is 5.97 Å². The quantitative estimate of drug-likeness (QED) is 0.480. The fourth-order valence-corrected chi connectivity index (χ4v) is 1.04. The third-order valence-corrected chi connectivity index (χ3v) is 2.03. The van der Waals surface area contributed by atoms with Crippen LogP contribution in [0.15, 0.2) is 11.3 Å². The lowest BCUT2D eigenvalue weighted by Crippen LogP contribution is -2.17.